The number of aryl methyl sites for hydroxylation is 1. The molecule has 104 valence electrons. The lowest BCUT2D eigenvalue weighted by atomic mass is 10.2. The van der Waals surface area contributed by atoms with E-state index in [1.54, 1.807) is 6.33 Å². The van der Waals surface area contributed by atoms with Crippen molar-refractivity contribution in [3.63, 3.8) is 0 Å². The van der Waals surface area contributed by atoms with Crippen molar-refractivity contribution < 1.29 is 0 Å². The zero-order chi connectivity index (χ0) is 12.1. The molecule has 0 radical (unpaired) electrons. The Bertz CT molecular complexity index is 335. The number of rotatable bonds is 6. The summed E-state index contributed by atoms with van der Waals surface area (Å²) in [6.45, 7) is 9.57. The van der Waals surface area contributed by atoms with Gasteiger partial charge in [0.05, 0.1) is 6.54 Å². The molecule has 1 N–H and O–H groups in total. The molecule has 6 heteroatoms. The number of nitrogens with zero attached hydrogens (tertiary/aromatic N) is 4. The highest BCUT2D eigenvalue weighted by atomic mass is 35.5. The smallest absolute Gasteiger partial charge is 0.141 e. The van der Waals surface area contributed by atoms with Gasteiger partial charge in [0.15, 0.2) is 0 Å². The first kappa shape index (κ1) is 15.4. The van der Waals surface area contributed by atoms with Gasteiger partial charge in [-0.3, -0.25) is 4.90 Å². The van der Waals surface area contributed by atoms with E-state index < -0.39 is 0 Å². The lowest BCUT2D eigenvalue weighted by Crippen LogP contribution is -2.37. The summed E-state index contributed by atoms with van der Waals surface area (Å²) in [4.78, 5) is 6.91. The Morgan fingerprint density at radius 1 is 1.50 bits per heavy atom. The number of halogens is 1. The normalized spacial score (nSPS) is 19.2. The molecule has 1 aromatic rings. The van der Waals surface area contributed by atoms with Crippen molar-refractivity contribution in [1.82, 2.24) is 25.0 Å². The minimum Gasteiger partial charge on any atom is -0.315 e. The fourth-order valence-corrected chi connectivity index (χ4v) is 2.49. The molecule has 5 nitrogen and oxygen atoms in total. The molecule has 2 rings (SSSR count). The molecular weight excluding hydrogens is 250 g/mol. The first-order valence-electron chi connectivity index (χ1n) is 6.66. The molecule has 1 saturated heterocycles. The van der Waals surface area contributed by atoms with Gasteiger partial charge in [0.1, 0.15) is 12.2 Å². The van der Waals surface area contributed by atoms with Crippen LogP contribution in [-0.2, 0) is 13.1 Å². The van der Waals surface area contributed by atoms with Gasteiger partial charge in [-0.05, 0) is 32.9 Å². The van der Waals surface area contributed by atoms with Gasteiger partial charge in [-0.2, -0.15) is 5.10 Å². The summed E-state index contributed by atoms with van der Waals surface area (Å²) in [7, 11) is 0. The maximum atomic E-state index is 4.37. The van der Waals surface area contributed by atoms with Gasteiger partial charge in [0, 0.05) is 19.1 Å². The van der Waals surface area contributed by atoms with E-state index in [9.17, 15) is 0 Å². The van der Waals surface area contributed by atoms with E-state index in [-0.39, 0.29) is 12.4 Å². The van der Waals surface area contributed by atoms with Gasteiger partial charge in [-0.25, -0.2) is 9.67 Å². The minimum atomic E-state index is 0. The highest BCUT2D eigenvalue weighted by Gasteiger charge is 2.22. The Balaban J connectivity index is 0.00000162. The molecule has 1 aromatic heterocycles. The second kappa shape index (κ2) is 7.71. The average molecular weight is 274 g/mol. The second-order valence-corrected chi connectivity index (χ2v) is 4.61. The Labute approximate surface area is 115 Å². The van der Waals surface area contributed by atoms with Crippen LogP contribution in [0, 0.1) is 0 Å². The highest BCUT2D eigenvalue weighted by Crippen LogP contribution is 2.12. The first-order chi connectivity index (χ1) is 8.35. The molecule has 0 amide bonds. The third kappa shape index (κ3) is 3.67. The zero-order valence-corrected chi connectivity index (χ0v) is 12.1. The molecular formula is C12H24ClN5. The van der Waals surface area contributed by atoms with E-state index in [1.807, 2.05) is 4.68 Å². The molecule has 0 spiro atoms. The monoisotopic (exact) mass is 273 g/mol. The number of hydrogen-bond acceptors (Lipinski definition) is 4. The van der Waals surface area contributed by atoms with E-state index in [1.165, 1.54) is 12.8 Å². The van der Waals surface area contributed by atoms with Crippen molar-refractivity contribution in [2.24, 2.45) is 0 Å². The molecule has 1 aliphatic heterocycles. The van der Waals surface area contributed by atoms with Gasteiger partial charge in [-0.1, -0.05) is 6.92 Å². The standard InChI is InChI=1S/C12H23N5.ClH/c1-3-7-16(11-5-6-13-8-11)9-12-14-10-15-17(12)4-2;/h10-11,13H,3-9H2,1-2H3;1H. The predicted octanol–water partition coefficient (Wildman–Crippen LogP) is 1.29. The number of nitrogens with one attached hydrogen (secondary N) is 1. The largest absolute Gasteiger partial charge is 0.315 e. The van der Waals surface area contributed by atoms with Gasteiger partial charge in [0.25, 0.3) is 0 Å². The summed E-state index contributed by atoms with van der Waals surface area (Å²) in [5.74, 6) is 1.09. The van der Waals surface area contributed by atoms with E-state index in [2.05, 4.69) is 34.1 Å². The van der Waals surface area contributed by atoms with Gasteiger partial charge in [0.2, 0.25) is 0 Å². The maximum Gasteiger partial charge on any atom is 0.141 e. The maximum absolute atomic E-state index is 4.37. The van der Waals surface area contributed by atoms with Crippen LogP contribution in [-0.4, -0.2) is 45.3 Å². The predicted molar refractivity (Wildman–Crippen MR) is 74.9 cm³/mol. The summed E-state index contributed by atoms with van der Waals surface area (Å²) in [6, 6.07) is 0.664. The van der Waals surface area contributed by atoms with Crippen molar-refractivity contribution >= 4 is 12.4 Å². The van der Waals surface area contributed by atoms with E-state index in [0.29, 0.717) is 6.04 Å². The SMILES string of the molecule is CCCN(Cc1ncnn1CC)C1CCNC1.Cl. The molecule has 0 aliphatic carbocycles. The number of aromatic nitrogens is 3. The Morgan fingerprint density at radius 2 is 2.33 bits per heavy atom. The van der Waals surface area contributed by atoms with Crippen LogP contribution in [0.2, 0.25) is 0 Å². The molecule has 0 aromatic carbocycles. The Hall–Kier alpha value is -0.650. The van der Waals surface area contributed by atoms with Crippen molar-refractivity contribution in [3.05, 3.63) is 12.2 Å². The van der Waals surface area contributed by atoms with Crippen LogP contribution in [0.5, 0.6) is 0 Å². The van der Waals surface area contributed by atoms with Crippen LogP contribution in [0.25, 0.3) is 0 Å². The topological polar surface area (TPSA) is 46.0 Å². The summed E-state index contributed by atoms with van der Waals surface area (Å²) < 4.78 is 1.99. The highest BCUT2D eigenvalue weighted by molar-refractivity contribution is 5.85. The molecule has 0 bridgehead atoms. The summed E-state index contributed by atoms with van der Waals surface area (Å²) in [5, 5.41) is 7.67. The first-order valence-corrected chi connectivity index (χ1v) is 6.66. The van der Waals surface area contributed by atoms with Crippen LogP contribution in [0.15, 0.2) is 6.33 Å². The van der Waals surface area contributed by atoms with Crippen LogP contribution >= 0.6 is 12.4 Å². The van der Waals surface area contributed by atoms with Crippen LogP contribution in [0.1, 0.15) is 32.5 Å². The quantitative estimate of drug-likeness (QED) is 0.849. The van der Waals surface area contributed by atoms with Crippen LogP contribution in [0.3, 0.4) is 0 Å². The molecule has 1 unspecified atom stereocenters. The molecule has 1 aliphatic rings. The molecule has 1 atom stereocenters. The fraction of sp³-hybridized carbons (Fsp3) is 0.833. The Kier molecular flexibility index (Phi) is 6.60. The summed E-state index contributed by atoms with van der Waals surface area (Å²) in [5.41, 5.74) is 0. The third-order valence-electron chi connectivity index (χ3n) is 3.40. The second-order valence-electron chi connectivity index (χ2n) is 4.61. The summed E-state index contributed by atoms with van der Waals surface area (Å²) >= 11 is 0. The van der Waals surface area contributed by atoms with E-state index in [4.69, 9.17) is 0 Å². The molecule has 0 saturated carbocycles. The lowest BCUT2D eigenvalue weighted by Gasteiger charge is -2.27. The summed E-state index contributed by atoms with van der Waals surface area (Å²) in [6.07, 6.45) is 4.10. The van der Waals surface area contributed by atoms with Crippen molar-refractivity contribution in [1.29, 1.82) is 0 Å². The average Bonchev–Trinajstić information content (AvgIpc) is 2.99. The fourth-order valence-electron chi connectivity index (χ4n) is 2.49. The van der Waals surface area contributed by atoms with Crippen molar-refractivity contribution in [2.75, 3.05) is 19.6 Å². The number of hydrogen-bond donors (Lipinski definition) is 1. The van der Waals surface area contributed by atoms with E-state index in [0.717, 1.165) is 38.5 Å². The van der Waals surface area contributed by atoms with Crippen molar-refractivity contribution in [2.45, 2.75) is 45.8 Å². The van der Waals surface area contributed by atoms with Gasteiger partial charge < -0.3 is 5.32 Å². The molecule has 1 fully saturated rings. The lowest BCUT2D eigenvalue weighted by molar-refractivity contribution is 0.191. The van der Waals surface area contributed by atoms with Crippen LogP contribution in [0.4, 0.5) is 0 Å². The van der Waals surface area contributed by atoms with Gasteiger partial charge in [-0.15, -0.1) is 12.4 Å². The Morgan fingerprint density at radius 3 is 2.94 bits per heavy atom. The zero-order valence-electron chi connectivity index (χ0n) is 11.3. The molecule has 2 heterocycles. The molecule has 18 heavy (non-hydrogen) atoms. The van der Waals surface area contributed by atoms with Crippen molar-refractivity contribution in [3.8, 4) is 0 Å². The third-order valence-corrected chi connectivity index (χ3v) is 3.40. The van der Waals surface area contributed by atoms with Gasteiger partial charge >= 0.3 is 0 Å². The van der Waals surface area contributed by atoms with E-state index >= 15 is 0 Å². The van der Waals surface area contributed by atoms with Crippen LogP contribution < -0.4 is 5.32 Å². The minimum absolute atomic E-state index is 0.